The molecule has 28 heavy (non-hydrogen) atoms. The first-order valence-electron chi connectivity index (χ1n) is 10.6. The SMILES string of the molecule is CCc1nc(CN(C)C(C)C(=O)NC(=O)NC23CC4CC(CC(C4)C2)C3)cs1. The third-order valence-corrected chi connectivity index (χ3v) is 8.05. The summed E-state index contributed by atoms with van der Waals surface area (Å²) in [6.07, 6.45) is 8.17. The second-order valence-electron chi connectivity index (χ2n) is 9.32. The summed E-state index contributed by atoms with van der Waals surface area (Å²) in [5.41, 5.74) is 0.896. The van der Waals surface area contributed by atoms with Crippen LogP contribution in [0.4, 0.5) is 4.79 Å². The van der Waals surface area contributed by atoms with Crippen molar-refractivity contribution in [1.82, 2.24) is 20.5 Å². The fourth-order valence-corrected chi connectivity index (χ4v) is 6.66. The number of aromatic nitrogens is 1. The summed E-state index contributed by atoms with van der Waals surface area (Å²) in [4.78, 5) is 31.7. The summed E-state index contributed by atoms with van der Waals surface area (Å²) < 4.78 is 0. The molecule has 4 saturated carbocycles. The van der Waals surface area contributed by atoms with Crippen LogP contribution >= 0.6 is 11.3 Å². The molecule has 4 aliphatic carbocycles. The summed E-state index contributed by atoms with van der Waals surface area (Å²) in [5, 5.41) is 8.95. The van der Waals surface area contributed by atoms with Crippen LogP contribution in [0, 0.1) is 17.8 Å². The number of likely N-dealkylation sites (N-methyl/N-ethyl adjacent to an activating group) is 1. The lowest BCUT2D eigenvalue weighted by Crippen LogP contribution is -2.62. The summed E-state index contributed by atoms with van der Waals surface area (Å²) in [6, 6.07) is -0.719. The smallest absolute Gasteiger partial charge is 0.321 e. The molecule has 1 unspecified atom stereocenters. The summed E-state index contributed by atoms with van der Waals surface area (Å²) >= 11 is 1.65. The topological polar surface area (TPSA) is 74.3 Å². The first-order valence-corrected chi connectivity index (χ1v) is 11.5. The van der Waals surface area contributed by atoms with Crippen molar-refractivity contribution in [1.29, 1.82) is 0 Å². The van der Waals surface area contributed by atoms with Gasteiger partial charge in [-0.2, -0.15) is 0 Å². The lowest BCUT2D eigenvalue weighted by molar-refractivity contribution is -0.124. The van der Waals surface area contributed by atoms with Gasteiger partial charge in [0.1, 0.15) is 0 Å². The molecule has 4 bridgehead atoms. The van der Waals surface area contributed by atoms with E-state index in [-0.39, 0.29) is 17.5 Å². The molecule has 1 aromatic heterocycles. The standard InChI is InChI=1S/C21H32N4O2S/c1-4-18-22-17(12-28-18)11-25(3)13(2)19(26)23-20(27)24-21-8-14-5-15(9-21)7-16(6-14)10-21/h12-16H,4-11H2,1-3H3,(H2,23,24,26,27). The van der Waals surface area contributed by atoms with Crippen molar-refractivity contribution < 1.29 is 9.59 Å². The highest BCUT2D eigenvalue weighted by Crippen LogP contribution is 2.55. The largest absolute Gasteiger partial charge is 0.332 e. The number of hydrogen-bond acceptors (Lipinski definition) is 5. The molecule has 0 aliphatic heterocycles. The molecule has 0 saturated heterocycles. The second-order valence-corrected chi connectivity index (χ2v) is 10.3. The van der Waals surface area contributed by atoms with E-state index in [1.165, 1.54) is 19.3 Å². The van der Waals surface area contributed by atoms with E-state index in [2.05, 4.69) is 22.5 Å². The third-order valence-electron chi connectivity index (χ3n) is 7.01. The molecule has 1 heterocycles. The minimum atomic E-state index is -0.395. The average Bonchev–Trinajstić information content (AvgIpc) is 3.06. The average molecular weight is 405 g/mol. The Morgan fingerprint density at radius 1 is 1.25 bits per heavy atom. The molecule has 3 amide bonds. The van der Waals surface area contributed by atoms with Gasteiger partial charge in [-0.3, -0.25) is 15.0 Å². The Labute approximate surface area is 171 Å². The van der Waals surface area contributed by atoms with Crippen molar-refractivity contribution >= 4 is 23.3 Å². The molecule has 7 heteroatoms. The maximum absolute atomic E-state index is 12.6. The molecule has 154 valence electrons. The number of nitrogens with one attached hydrogen (secondary N) is 2. The number of imide groups is 1. The van der Waals surface area contributed by atoms with E-state index in [0.717, 1.165) is 54.1 Å². The van der Waals surface area contributed by atoms with Gasteiger partial charge in [-0.05, 0) is 76.7 Å². The van der Waals surface area contributed by atoms with Gasteiger partial charge in [-0.15, -0.1) is 11.3 Å². The predicted molar refractivity (Wildman–Crippen MR) is 110 cm³/mol. The number of urea groups is 1. The van der Waals surface area contributed by atoms with E-state index in [0.29, 0.717) is 6.54 Å². The summed E-state index contributed by atoms with van der Waals surface area (Å²) in [6.45, 7) is 4.52. The molecule has 1 aromatic rings. The lowest BCUT2D eigenvalue weighted by atomic mass is 9.53. The fourth-order valence-electron chi connectivity index (χ4n) is 5.93. The van der Waals surface area contributed by atoms with Gasteiger partial charge in [0.15, 0.2) is 0 Å². The Bertz CT molecular complexity index is 711. The van der Waals surface area contributed by atoms with Crippen LogP contribution in [0.2, 0.25) is 0 Å². The molecule has 5 rings (SSSR count). The number of carbonyl (C=O) groups excluding carboxylic acids is 2. The van der Waals surface area contributed by atoms with Crippen molar-refractivity contribution in [2.45, 2.75) is 76.9 Å². The van der Waals surface area contributed by atoms with Gasteiger partial charge in [-0.25, -0.2) is 9.78 Å². The zero-order chi connectivity index (χ0) is 19.9. The molecule has 4 fully saturated rings. The van der Waals surface area contributed by atoms with Crippen LogP contribution < -0.4 is 10.6 Å². The van der Waals surface area contributed by atoms with E-state index in [1.54, 1.807) is 11.3 Å². The number of aryl methyl sites for hydroxylation is 1. The van der Waals surface area contributed by atoms with E-state index in [1.807, 2.05) is 24.3 Å². The van der Waals surface area contributed by atoms with Gasteiger partial charge in [0, 0.05) is 17.5 Å². The maximum Gasteiger partial charge on any atom is 0.321 e. The zero-order valence-corrected chi connectivity index (χ0v) is 18.0. The van der Waals surface area contributed by atoms with Crippen LogP contribution in [0.3, 0.4) is 0 Å². The van der Waals surface area contributed by atoms with E-state index in [4.69, 9.17) is 0 Å². The molecule has 0 aromatic carbocycles. The second kappa shape index (κ2) is 7.75. The predicted octanol–water partition coefficient (Wildman–Crippen LogP) is 3.32. The number of rotatable bonds is 6. The van der Waals surface area contributed by atoms with E-state index in [9.17, 15) is 9.59 Å². The molecule has 2 N–H and O–H groups in total. The van der Waals surface area contributed by atoms with E-state index >= 15 is 0 Å². The maximum atomic E-state index is 12.6. The highest BCUT2D eigenvalue weighted by molar-refractivity contribution is 7.09. The quantitative estimate of drug-likeness (QED) is 0.763. The van der Waals surface area contributed by atoms with Crippen molar-refractivity contribution in [3.05, 3.63) is 16.1 Å². The van der Waals surface area contributed by atoms with Crippen molar-refractivity contribution in [2.75, 3.05) is 7.05 Å². The monoisotopic (exact) mass is 404 g/mol. The lowest BCUT2D eigenvalue weighted by Gasteiger charge is -2.56. The van der Waals surface area contributed by atoms with Gasteiger partial charge in [0.05, 0.1) is 16.7 Å². The number of carbonyl (C=O) groups is 2. The summed E-state index contributed by atoms with van der Waals surface area (Å²) in [7, 11) is 1.90. The van der Waals surface area contributed by atoms with Gasteiger partial charge >= 0.3 is 6.03 Å². The van der Waals surface area contributed by atoms with Crippen LogP contribution in [0.5, 0.6) is 0 Å². The third kappa shape index (κ3) is 4.10. The number of amides is 3. The summed E-state index contributed by atoms with van der Waals surface area (Å²) in [5.74, 6) is 2.03. The minimum absolute atomic E-state index is 0.0780. The van der Waals surface area contributed by atoms with Crippen LogP contribution in [-0.2, 0) is 17.8 Å². The van der Waals surface area contributed by atoms with Crippen molar-refractivity contribution in [3.8, 4) is 0 Å². The normalized spacial score (nSPS) is 31.8. The Kier molecular flexibility index (Phi) is 5.49. The molecule has 4 aliphatic rings. The van der Waals surface area contributed by atoms with Crippen LogP contribution in [0.15, 0.2) is 5.38 Å². The van der Waals surface area contributed by atoms with Gasteiger partial charge in [-0.1, -0.05) is 6.92 Å². The highest BCUT2D eigenvalue weighted by Gasteiger charge is 2.51. The van der Waals surface area contributed by atoms with E-state index < -0.39 is 6.04 Å². The molecular weight excluding hydrogens is 372 g/mol. The highest BCUT2D eigenvalue weighted by atomic mass is 32.1. The van der Waals surface area contributed by atoms with Crippen LogP contribution in [-0.4, -0.2) is 40.5 Å². The minimum Gasteiger partial charge on any atom is -0.332 e. The van der Waals surface area contributed by atoms with Crippen LogP contribution in [0.1, 0.15) is 63.1 Å². The van der Waals surface area contributed by atoms with Gasteiger partial charge in [0.25, 0.3) is 0 Å². The Morgan fingerprint density at radius 3 is 2.39 bits per heavy atom. The molecule has 1 atom stereocenters. The number of thiazole rings is 1. The first kappa shape index (κ1) is 19.8. The molecular formula is C21H32N4O2S. The van der Waals surface area contributed by atoms with Crippen LogP contribution in [0.25, 0.3) is 0 Å². The zero-order valence-electron chi connectivity index (χ0n) is 17.2. The molecule has 0 radical (unpaired) electrons. The number of nitrogens with zero attached hydrogens (tertiary/aromatic N) is 2. The van der Waals surface area contributed by atoms with Crippen molar-refractivity contribution in [2.24, 2.45) is 17.8 Å². The Balaban J connectivity index is 1.29. The number of hydrogen-bond donors (Lipinski definition) is 2. The molecule has 0 spiro atoms. The van der Waals surface area contributed by atoms with Gasteiger partial charge in [0.2, 0.25) is 5.91 Å². The Hall–Kier alpha value is -1.47. The fraction of sp³-hybridized carbons (Fsp3) is 0.762. The van der Waals surface area contributed by atoms with Crippen molar-refractivity contribution in [3.63, 3.8) is 0 Å². The first-order chi connectivity index (χ1) is 13.4. The van der Waals surface area contributed by atoms with Gasteiger partial charge < -0.3 is 5.32 Å². The molecule has 6 nitrogen and oxygen atoms in total. The Morgan fingerprint density at radius 2 is 1.86 bits per heavy atom.